The van der Waals surface area contributed by atoms with Gasteiger partial charge in [-0.3, -0.25) is 4.79 Å². The lowest BCUT2D eigenvalue weighted by Gasteiger charge is -2.10. The molecule has 1 fully saturated rings. The second-order valence-electron chi connectivity index (χ2n) is 5.26. The highest BCUT2D eigenvalue weighted by atomic mass is 32.2. The Balaban J connectivity index is 1.59. The number of carbonyl (C=O) groups excluding carboxylic acids is 1. The number of aliphatic hydroxyl groups excluding tert-OH is 1. The Morgan fingerprint density at radius 2 is 2.10 bits per heavy atom. The summed E-state index contributed by atoms with van der Waals surface area (Å²) in [6.45, 7) is 0.660. The summed E-state index contributed by atoms with van der Waals surface area (Å²) in [5.41, 5.74) is 1.02. The van der Waals surface area contributed by atoms with Crippen LogP contribution in [0.5, 0.6) is 0 Å². The van der Waals surface area contributed by atoms with Crippen molar-refractivity contribution in [2.45, 2.75) is 31.1 Å². The van der Waals surface area contributed by atoms with E-state index >= 15 is 0 Å². The van der Waals surface area contributed by atoms with Crippen molar-refractivity contribution in [1.29, 1.82) is 0 Å². The fourth-order valence-corrected chi connectivity index (χ4v) is 3.20. The van der Waals surface area contributed by atoms with E-state index < -0.39 is 0 Å². The van der Waals surface area contributed by atoms with Gasteiger partial charge in [0.05, 0.1) is 11.9 Å². The van der Waals surface area contributed by atoms with Gasteiger partial charge in [0.15, 0.2) is 0 Å². The van der Waals surface area contributed by atoms with Crippen LogP contribution < -0.4 is 5.32 Å². The number of nitrogens with one attached hydrogen (secondary N) is 1. The molecular weight excluding hydrogens is 277 g/mol. The van der Waals surface area contributed by atoms with E-state index in [4.69, 9.17) is 0 Å². The molecule has 20 heavy (non-hydrogen) atoms. The van der Waals surface area contributed by atoms with Crippen LogP contribution in [0.25, 0.3) is 0 Å². The third-order valence-electron chi connectivity index (χ3n) is 3.52. The predicted octanol–water partition coefficient (Wildman–Crippen LogP) is 2.34. The van der Waals surface area contributed by atoms with Gasteiger partial charge in [-0.05, 0) is 42.9 Å². The number of hydrogen-bond donors (Lipinski definition) is 2. The van der Waals surface area contributed by atoms with E-state index in [0.717, 1.165) is 24.8 Å². The highest BCUT2D eigenvalue weighted by molar-refractivity contribution is 7.99. The molecule has 1 saturated carbocycles. The fraction of sp³-hybridized carbons (Fsp3) is 0.533. The van der Waals surface area contributed by atoms with Gasteiger partial charge in [0.25, 0.3) is 0 Å². The van der Waals surface area contributed by atoms with E-state index in [0.29, 0.717) is 24.0 Å². The lowest BCUT2D eigenvalue weighted by molar-refractivity contribution is -0.118. The molecular formula is C15H20FNO2S. The highest BCUT2D eigenvalue weighted by Crippen LogP contribution is 2.24. The maximum atomic E-state index is 12.7. The number of thioether (sulfide) groups is 1. The quantitative estimate of drug-likeness (QED) is 0.847. The van der Waals surface area contributed by atoms with Gasteiger partial charge in [-0.15, -0.1) is 11.8 Å². The Bertz CT molecular complexity index is 438. The number of carbonyl (C=O) groups is 1. The molecule has 0 aromatic heterocycles. The Hall–Kier alpha value is -1.07. The Labute approximate surface area is 123 Å². The molecule has 1 aromatic rings. The van der Waals surface area contributed by atoms with Crippen molar-refractivity contribution in [3.05, 3.63) is 35.6 Å². The first-order chi connectivity index (χ1) is 9.63. The number of benzene rings is 1. The molecule has 1 aromatic carbocycles. The third kappa shape index (κ3) is 5.13. The minimum Gasteiger partial charge on any atom is -0.393 e. The summed E-state index contributed by atoms with van der Waals surface area (Å²) in [4.78, 5) is 11.7. The zero-order valence-electron chi connectivity index (χ0n) is 11.3. The molecule has 0 radical (unpaired) electrons. The second kappa shape index (κ2) is 7.64. The van der Waals surface area contributed by atoms with Crippen molar-refractivity contribution in [3.8, 4) is 0 Å². The third-order valence-corrected chi connectivity index (χ3v) is 4.52. The fourth-order valence-electron chi connectivity index (χ4n) is 2.39. The molecule has 2 rings (SSSR count). The van der Waals surface area contributed by atoms with Crippen molar-refractivity contribution in [2.24, 2.45) is 5.92 Å². The predicted molar refractivity (Wildman–Crippen MR) is 78.9 cm³/mol. The van der Waals surface area contributed by atoms with Crippen LogP contribution in [0, 0.1) is 11.7 Å². The molecule has 0 spiro atoms. The minimum atomic E-state index is -0.241. The summed E-state index contributed by atoms with van der Waals surface area (Å²) >= 11 is 1.52. The molecule has 0 heterocycles. The van der Waals surface area contributed by atoms with Gasteiger partial charge >= 0.3 is 0 Å². The molecule has 110 valence electrons. The number of halogens is 1. The van der Waals surface area contributed by atoms with E-state index in [2.05, 4.69) is 5.32 Å². The van der Waals surface area contributed by atoms with E-state index in [9.17, 15) is 14.3 Å². The molecule has 1 aliphatic carbocycles. The maximum absolute atomic E-state index is 12.7. The summed E-state index contributed by atoms with van der Waals surface area (Å²) in [7, 11) is 0. The molecule has 2 N–H and O–H groups in total. The van der Waals surface area contributed by atoms with Crippen molar-refractivity contribution in [2.75, 3.05) is 12.3 Å². The van der Waals surface area contributed by atoms with Gasteiger partial charge in [-0.1, -0.05) is 12.1 Å². The van der Waals surface area contributed by atoms with E-state index in [1.807, 2.05) is 0 Å². The first-order valence-electron chi connectivity index (χ1n) is 6.90. The summed E-state index contributed by atoms with van der Waals surface area (Å²) in [6, 6.07) is 6.34. The molecule has 0 saturated heterocycles. The number of aliphatic hydroxyl groups is 1. The summed E-state index contributed by atoms with van der Waals surface area (Å²) in [5.74, 6) is 1.31. The lowest BCUT2D eigenvalue weighted by atomic mass is 10.1. The van der Waals surface area contributed by atoms with Gasteiger partial charge in [0.2, 0.25) is 5.91 Å². The summed E-state index contributed by atoms with van der Waals surface area (Å²) in [5, 5.41) is 12.3. The van der Waals surface area contributed by atoms with Crippen molar-refractivity contribution >= 4 is 17.7 Å². The van der Waals surface area contributed by atoms with Crippen LogP contribution in [0.3, 0.4) is 0 Å². The second-order valence-corrected chi connectivity index (χ2v) is 6.24. The Morgan fingerprint density at radius 1 is 1.35 bits per heavy atom. The average molecular weight is 297 g/mol. The molecule has 2 atom stereocenters. The molecule has 0 aliphatic heterocycles. The zero-order chi connectivity index (χ0) is 14.4. The first-order valence-corrected chi connectivity index (χ1v) is 8.06. The summed E-state index contributed by atoms with van der Waals surface area (Å²) < 4.78 is 12.7. The smallest absolute Gasteiger partial charge is 0.230 e. The SMILES string of the molecule is O=C(CSCc1ccc(F)cc1)NCC1CCC(O)C1. The van der Waals surface area contributed by atoms with Crippen molar-refractivity contribution in [3.63, 3.8) is 0 Å². The summed E-state index contributed by atoms with van der Waals surface area (Å²) in [6.07, 6.45) is 2.44. The molecule has 1 amide bonds. The Kier molecular flexibility index (Phi) is 5.86. The van der Waals surface area contributed by atoms with Crippen LogP contribution in [0.4, 0.5) is 4.39 Å². The number of hydrogen-bond acceptors (Lipinski definition) is 3. The van der Waals surface area contributed by atoms with E-state index in [1.54, 1.807) is 12.1 Å². The largest absolute Gasteiger partial charge is 0.393 e. The van der Waals surface area contributed by atoms with E-state index in [1.165, 1.54) is 23.9 Å². The van der Waals surface area contributed by atoms with Crippen molar-refractivity contribution in [1.82, 2.24) is 5.32 Å². The lowest BCUT2D eigenvalue weighted by Crippen LogP contribution is -2.30. The van der Waals surface area contributed by atoms with Gasteiger partial charge in [-0.25, -0.2) is 4.39 Å². The highest BCUT2D eigenvalue weighted by Gasteiger charge is 2.22. The zero-order valence-corrected chi connectivity index (χ0v) is 12.2. The van der Waals surface area contributed by atoms with Crippen LogP contribution in [0.15, 0.2) is 24.3 Å². The first kappa shape index (κ1) is 15.3. The molecule has 1 aliphatic rings. The van der Waals surface area contributed by atoms with Crippen LogP contribution in [-0.4, -0.2) is 29.4 Å². The monoisotopic (exact) mass is 297 g/mol. The van der Waals surface area contributed by atoms with Crippen LogP contribution >= 0.6 is 11.8 Å². The van der Waals surface area contributed by atoms with Crippen LogP contribution in [-0.2, 0) is 10.5 Å². The van der Waals surface area contributed by atoms with Gasteiger partial charge < -0.3 is 10.4 Å². The van der Waals surface area contributed by atoms with Crippen molar-refractivity contribution < 1.29 is 14.3 Å². The molecule has 5 heteroatoms. The molecule has 0 bridgehead atoms. The Morgan fingerprint density at radius 3 is 2.75 bits per heavy atom. The average Bonchev–Trinajstić information content (AvgIpc) is 2.85. The number of rotatable bonds is 6. The van der Waals surface area contributed by atoms with Gasteiger partial charge in [0, 0.05) is 12.3 Å². The molecule has 3 nitrogen and oxygen atoms in total. The maximum Gasteiger partial charge on any atom is 0.230 e. The standard InChI is InChI=1S/C15H20FNO2S/c16-13-4-1-11(2-5-13)9-20-10-15(19)17-8-12-3-6-14(18)7-12/h1-2,4-5,12,14,18H,3,6-10H2,(H,17,19). The number of amides is 1. The topological polar surface area (TPSA) is 49.3 Å². The van der Waals surface area contributed by atoms with Gasteiger partial charge in [-0.2, -0.15) is 0 Å². The molecule has 2 unspecified atom stereocenters. The minimum absolute atomic E-state index is 0.0264. The van der Waals surface area contributed by atoms with Crippen LogP contribution in [0.2, 0.25) is 0 Å². The van der Waals surface area contributed by atoms with Gasteiger partial charge in [0.1, 0.15) is 5.82 Å². The normalized spacial score (nSPS) is 21.9. The van der Waals surface area contributed by atoms with Crippen LogP contribution in [0.1, 0.15) is 24.8 Å². The van der Waals surface area contributed by atoms with E-state index in [-0.39, 0.29) is 17.8 Å².